The van der Waals surface area contributed by atoms with E-state index in [4.69, 9.17) is 4.74 Å². The zero-order valence-electron chi connectivity index (χ0n) is 11.0. The minimum atomic E-state index is -0.480. The van der Waals surface area contributed by atoms with E-state index >= 15 is 0 Å². The van der Waals surface area contributed by atoms with Crippen LogP contribution in [0.15, 0.2) is 15.5 Å². The van der Waals surface area contributed by atoms with Crippen molar-refractivity contribution < 1.29 is 9.53 Å². The van der Waals surface area contributed by atoms with Gasteiger partial charge in [0.15, 0.2) is 0 Å². The fourth-order valence-electron chi connectivity index (χ4n) is 1.18. The molecule has 4 nitrogen and oxygen atoms in total. The Balaban J connectivity index is 2.55. The Labute approximate surface area is 107 Å². The Bertz CT molecular complexity index is 356. The first-order chi connectivity index (χ1) is 7.78. The maximum Gasteiger partial charge on any atom is 0.412 e. The molecule has 1 amide bonds. The van der Waals surface area contributed by atoms with Gasteiger partial charge in [0.2, 0.25) is 0 Å². The van der Waals surface area contributed by atoms with Gasteiger partial charge in [-0.25, -0.2) is 9.19 Å². The number of nitrogens with one attached hydrogen (secondary N) is 1. The Morgan fingerprint density at radius 3 is 2.82 bits per heavy atom. The van der Waals surface area contributed by atoms with Gasteiger partial charge in [-0.05, 0) is 40.0 Å². The predicted octanol–water partition coefficient (Wildman–Crippen LogP) is 3.50. The number of allylic oxidation sites excluding steroid dienone is 1. The van der Waals surface area contributed by atoms with Crippen LogP contribution in [0.3, 0.4) is 0 Å². The molecular weight excluding hydrogens is 236 g/mol. The van der Waals surface area contributed by atoms with Gasteiger partial charge >= 0.3 is 6.09 Å². The molecule has 0 saturated carbocycles. The third kappa shape index (κ3) is 5.26. The van der Waals surface area contributed by atoms with Gasteiger partial charge in [0.05, 0.1) is 5.03 Å². The van der Waals surface area contributed by atoms with Crippen molar-refractivity contribution in [2.45, 2.75) is 46.6 Å². The van der Waals surface area contributed by atoms with Crippen LogP contribution in [0.2, 0.25) is 0 Å². The zero-order valence-corrected chi connectivity index (χ0v) is 11.9. The van der Waals surface area contributed by atoms with E-state index in [9.17, 15) is 4.79 Å². The molecule has 0 fully saturated rings. The molecule has 0 aromatic carbocycles. The van der Waals surface area contributed by atoms with Crippen LogP contribution >= 0.6 is 11.9 Å². The molecule has 1 rings (SSSR count). The molecule has 0 aliphatic carbocycles. The minimum absolute atomic E-state index is 0.417. The summed E-state index contributed by atoms with van der Waals surface area (Å²) >= 11 is 1.29. The molecule has 1 unspecified atom stereocenters. The fourth-order valence-corrected chi connectivity index (χ4v) is 1.90. The van der Waals surface area contributed by atoms with Gasteiger partial charge in [-0.2, -0.15) is 0 Å². The monoisotopic (exact) mass is 256 g/mol. The van der Waals surface area contributed by atoms with E-state index in [-0.39, 0.29) is 0 Å². The van der Waals surface area contributed by atoms with Crippen molar-refractivity contribution in [2.24, 2.45) is 10.3 Å². The van der Waals surface area contributed by atoms with Crippen molar-refractivity contribution >= 4 is 23.8 Å². The Morgan fingerprint density at radius 2 is 2.24 bits per heavy atom. The number of ether oxygens (including phenoxy) is 1. The second-order valence-corrected chi connectivity index (χ2v) is 5.96. The van der Waals surface area contributed by atoms with Crippen LogP contribution in [0.25, 0.3) is 0 Å². The van der Waals surface area contributed by atoms with Gasteiger partial charge in [-0.1, -0.05) is 13.0 Å². The molecular formula is C12H20N2O2S. The first kappa shape index (κ1) is 14.1. The summed E-state index contributed by atoms with van der Waals surface area (Å²) in [6.07, 6.45) is 2.44. The lowest BCUT2D eigenvalue weighted by molar-refractivity contribution is 0.0550. The van der Waals surface area contributed by atoms with Gasteiger partial charge in [0.25, 0.3) is 0 Å². The average Bonchev–Trinajstić information content (AvgIpc) is 2.30. The molecule has 1 N–H and O–H groups in total. The van der Waals surface area contributed by atoms with Gasteiger partial charge in [-0.3, -0.25) is 5.32 Å². The largest absolute Gasteiger partial charge is 0.444 e. The molecule has 0 radical (unpaired) electrons. The van der Waals surface area contributed by atoms with Crippen LogP contribution in [0.5, 0.6) is 0 Å². The van der Waals surface area contributed by atoms with Crippen molar-refractivity contribution in [2.75, 3.05) is 0 Å². The standard InChI is InChI=1S/C12H20N2O2S/c1-8-6-7-10(17-14-9(8)2)13-11(15)16-12(3,4)5/h7-8H,6H2,1-5H3,(H,13,15). The van der Waals surface area contributed by atoms with E-state index in [1.807, 2.05) is 33.8 Å². The fraction of sp³-hybridized carbons (Fsp3) is 0.667. The van der Waals surface area contributed by atoms with Crippen LogP contribution in [-0.2, 0) is 4.74 Å². The molecule has 1 aliphatic heterocycles. The molecule has 96 valence electrons. The summed E-state index contributed by atoms with van der Waals surface area (Å²) in [6.45, 7) is 9.64. The first-order valence-corrected chi connectivity index (χ1v) is 6.47. The first-order valence-electron chi connectivity index (χ1n) is 5.69. The molecule has 0 spiro atoms. The summed E-state index contributed by atoms with van der Waals surface area (Å²) in [4.78, 5) is 11.6. The maximum absolute atomic E-state index is 11.6. The van der Waals surface area contributed by atoms with Gasteiger partial charge in [0, 0.05) is 17.7 Å². The molecule has 5 heteroatoms. The van der Waals surface area contributed by atoms with E-state index in [1.165, 1.54) is 11.9 Å². The van der Waals surface area contributed by atoms with Gasteiger partial charge < -0.3 is 4.74 Å². The van der Waals surface area contributed by atoms with Crippen molar-refractivity contribution in [3.63, 3.8) is 0 Å². The van der Waals surface area contributed by atoms with Gasteiger partial charge in [-0.15, -0.1) is 0 Å². The number of amides is 1. The number of alkyl carbamates (subject to hydrolysis) is 1. The van der Waals surface area contributed by atoms with Crippen molar-refractivity contribution in [3.05, 3.63) is 11.1 Å². The van der Waals surface area contributed by atoms with Crippen LogP contribution < -0.4 is 5.32 Å². The van der Waals surface area contributed by atoms with Crippen molar-refractivity contribution in [1.82, 2.24) is 5.32 Å². The molecule has 1 atom stereocenters. The lowest BCUT2D eigenvalue weighted by atomic mass is 10.0. The Morgan fingerprint density at radius 1 is 1.59 bits per heavy atom. The maximum atomic E-state index is 11.6. The summed E-state index contributed by atoms with van der Waals surface area (Å²) in [6, 6.07) is 0. The highest BCUT2D eigenvalue weighted by atomic mass is 32.2. The molecule has 1 heterocycles. The quantitative estimate of drug-likeness (QED) is 0.730. The van der Waals surface area contributed by atoms with E-state index in [0.29, 0.717) is 5.92 Å². The number of nitrogens with zero attached hydrogens (tertiary/aromatic N) is 1. The zero-order chi connectivity index (χ0) is 13.1. The van der Waals surface area contributed by atoms with E-state index in [1.54, 1.807) is 0 Å². The highest BCUT2D eigenvalue weighted by Gasteiger charge is 2.18. The average molecular weight is 256 g/mol. The lowest BCUT2D eigenvalue weighted by Gasteiger charge is -2.19. The second-order valence-electron chi connectivity index (χ2n) is 5.16. The lowest BCUT2D eigenvalue weighted by Crippen LogP contribution is -2.31. The smallest absolute Gasteiger partial charge is 0.412 e. The summed E-state index contributed by atoms with van der Waals surface area (Å²) < 4.78 is 9.51. The topological polar surface area (TPSA) is 50.7 Å². The summed E-state index contributed by atoms with van der Waals surface area (Å²) in [7, 11) is 0. The Kier molecular flexibility index (Phi) is 4.62. The number of hydrogen-bond acceptors (Lipinski definition) is 4. The van der Waals surface area contributed by atoms with Crippen LogP contribution in [0.4, 0.5) is 4.79 Å². The highest BCUT2D eigenvalue weighted by Crippen LogP contribution is 2.23. The van der Waals surface area contributed by atoms with E-state index in [0.717, 1.165) is 17.2 Å². The van der Waals surface area contributed by atoms with Crippen LogP contribution in [-0.4, -0.2) is 17.4 Å². The molecule has 0 aromatic rings. The number of rotatable bonds is 1. The van der Waals surface area contributed by atoms with Crippen LogP contribution in [0.1, 0.15) is 41.0 Å². The SMILES string of the molecule is CC1=NSC(NC(=O)OC(C)(C)C)=CCC1C. The molecule has 0 saturated heterocycles. The number of hydrogen-bond donors (Lipinski definition) is 1. The van der Waals surface area contributed by atoms with Crippen LogP contribution in [0, 0.1) is 5.92 Å². The summed E-state index contributed by atoms with van der Waals surface area (Å²) in [5.41, 5.74) is 0.610. The highest BCUT2D eigenvalue weighted by molar-refractivity contribution is 8.01. The normalized spacial score (nSPS) is 21.1. The molecule has 0 bridgehead atoms. The number of carbonyl (C=O) groups is 1. The number of carbonyl (C=O) groups excluding carboxylic acids is 1. The predicted molar refractivity (Wildman–Crippen MR) is 71.9 cm³/mol. The van der Waals surface area contributed by atoms with E-state index < -0.39 is 11.7 Å². The third-order valence-corrected chi connectivity index (χ3v) is 3.13. The van der Waals surface area contributed by atoms with Crippen molar-refractivity contribution in [1.29, 1.82) is 0 Å². The van der Waals surface area contributed by atoms with Gasteiger partial charge in [0.1, 0.15) is 5.60 Å². The molecule has 0 aromatic heterocycles. The second kappa shape index (κ2) is 5.58. The third-order valence-electron chi connectivity index (χ3n) is 2.28. The van der Waals surface area contributed by atoms with Crippen molar-refractivity contribution in [3.8, 4) is 0 Å². The molecule has 1 aliphatic rings. The summed E-state index contributed by atoms with van der Waals surface area (Å²) in [5.74, 6) is 0.417. The Hall–Kier alpha value is -0.970. The molecule has 17 heavy (non-hydrogen) atoms. The van der Waals surface area contributed by atoms with E-state index in [2.05, 4.69) is 16.6 Å². The summed E-state index contributed by atoms with van der Waals surface area (Å²) in [5, 5.41) is 3.45. The minimum Gasteiger partial charge on any atom is -0.444 e.